The molecule has 2 rings (SSSR count). The molecule has 0 unspecified atom stereocenters. The van der Waals surface area contributed by atoms with Gasteiger partial charge in [0.25, 0.3) is 5.56 Å². The molecule has 2 aromatic rings. The number of rotatable bonds is 1. The molecule has 3 nitrogen and oxygen atoms in total. The minimum atomic E-state index is 0. The summed E-state index contributed by atoms with van der Waals surface area (Å²) >= 11 is 0. The van der Waals surface area contributed by atoms with E-state index in [1.54, 1.807) is 10.7 Å². The third-order valence-corrected chi connectivity index (χ3v) is 2.35. The van der Waals surface area contributed by atoms with E-state index in [1.165, 1.54) is 0 Å². The van der Waals surface area contributed by atoms with Crippen LogP contribution in [0, 0.1) is 6.92 Å². The van der Waals surface area contributed by atoms with Crippen LogP contribution in [0.15, 0.2) is 41.2 Å². The van der Waals surface area contributed by atoms with Gasteiger partial charge in [-0.25, -0.2) is 4.68 Å². The average Bonchev–Trinajstić information content (AvgIpc) is 2.43. The summed E-state index contributed by atoms with van der Waals surface area (Å²) in [5.41, 5.74) is 1.86. The number of benzene rings is 1. The average molecular weight is 212 g/mol. The van der Waals surface area contributed by atoms with Crippen molar-refractivity contribution in [1.82, 2.24) is 9.36 Å². The first-order valence-electron chi connectivity index (χ1n) is 4.51. The number of aromatic nitrogens is 2. The maximum absolute atomic E-state index is 11.6. The van der Waals surface area contributed by atoms with Gasteiger partial charge in [0.1, 0.15) is 0 Å². The third kappa shape index (κ3) is 2.25. The van der Waals surface area contributed by atoms with E-state index in [4.69, 9.17) is 0 Å². The minimum Gasteiger partial charge on any atom is -1.00 e. The predicted octanol–water partition coefficient (Wildman–Crippen LogP) is -1.40. The molecule has 0 radical (unpaired) electrons. The second kappa shape index (κ2) is 4.84. The second-order valence-corrected chi connectivity index (χ2v) is 3.29. The standard InChI is InChI=1S/C11H12N2O.Na.H/c1-9-8-11(14)13(12(9)2)10-6-4-3-5-7-10;;/h3-8H,1-2H3;;/q;+1;-1. The summed E-state index contributed by atoms with van der Waals surface area (Å²) in [5, 5.41) is 0. The van der Waals surface area contributed by atoms with Crippen molar-refractivity contribution >= 4 is 0 Å². The van der Waals surface area contributed by atoms with Crippen LogP contribution in [0.3, 0.4) is 0 Å². The number of aryl methyl sites for hydroxylation is 1. The molecule has 0 aliphatic rings. The van der Waals surface area contributed by atoms with E-state index in [9.17, 15) is 4.79 Å². The van der Waals surface area contributed by atoms with Gasteiger partial charge in [-0.2, -0.15) is 0 Å². The van der Waals surface area contributed by atoms with Crippen molar-refractivity contribution in [3.63, 3.8) is 0 Å². The van der Waals surface area contributed by atoms with Gasteiger partial charge in [-0.15, -0.1) is 0 Å². The molecule has 0 saturated heterocycles. The largest absolute Gasteiger partial charge is 1.00 e. The molecule has 0 N–H and O–H groups in total. The summed E-state index contributed by atoms with van der Waals surface area (Å²) in [6.45, 7) is 1.92. The summed E-state index contributed by atoms with van der Waals surface area (Å²) in [7, 11) is 1.88. The van der Waals surface area contributed by atoms with Crippen LogP contribution in [0.4, 0.5) is 0 Å². The molecule has 0 fully saturated rings. The molecule has 1 heterocycles. The Kier molecular flexibility index (Phi) is 3.97. The van der Waals surface area contributed by atoms with Crippen molar-refractivity contribution in [2.45, 2.75) is 6.92 Å². The zero-order valence-electron chi connectivity index (χ0n) is 10.3. The Bertz CT molecular complexity index is 504. The molecule has 0 saturated carbocycles. The van der Waals surface area contributed by atoms with Gasteiger partial charge in [0.15, 0.2) is 0 Å². The van der Waals surface area contributed by atoms with Gasteiger partial charge in [0.05, 0.1) is 5.69 Å². The first kappa shape index (κ1) is 12.3. The summed E-state index contributed by atoms with van der Waals surface area (Å²) in [5.74, 6) is 0. The van der Waals surface area contributed by atoms with Crippen molar-refractivity contribution in [1.29, 1.82) is 0 Å². The van der Waals surface area contributed by atoms with Crippen molar-refractivity contribution in [3.8, 4) is 5.69 Å². The topological polar surface area (TPSA) is 26.9 Å². The normalized spacial score (nSPS) is 9.73. The van der Waals surface area contributed by atoms with Crippen LogP contribution in [0.5, 0.6) is 0 Å². The fraction of sp³-hybridized carbons (Fsp3) is 0.182. The monoisotopic (exact) mass is 212 g/mol. The van der Waals surface area contributed by atoms with Gasteiger partial charge >= 0.3 is 29.6 Å². The molecule has 0 aliphatic heterocycles. The Labute approximate surface area is 112 Å². The van der Waals surface area contributed by atoms with Gasteiger partial charge in [0.2, 0.25) is 0 Å². The molecule has 74 valence electrons. The smallest absolute Gasteiger partial charge is 1.00 e. The van der Waals surface area contributed by atoms with Crippen molar-refractivity contribution in [3.05, 3.63) is 52.4 Å². The number of hydrogen-bond acceptors (Lipinski definition) is 1. The molecule has 0 bridgehead atoms. The maximum Gasteiger partial charge on any atom is 1.00 e. The quantitative estimate of drug-likeness (QED) is 0.534. The van der Waals surface area contributed by atoms with Crippen molar-refractivity contribution in [2.24, 2.45) is 7.05 Å². The van der Waals surface area contributed by atoms with Gasteiger partial charge in [0, 0.05) is 18.8 Å². The van der Waals surface area contributed by atoms with Crippen LogP contribution >= 0.6 is 0 Å². The van der Waals surface area contributed by atoms with Gasteiger partial charge in [-0.05, 0) is 19.1 Å². The van der Waals surface area contributed by atoms with Gasteiger partial charge < -0.3 is 1.43 Å². The van der Waals surface area contributed by atoms with E-state index in [2.05, 4.69) is 0 Å². The maximum atomic E-state index is 11.6. The number of hydrogen-bond donors (Lipinski definition) is 0. The Morgan fingerprint density at radius 3 is 2.27 bits per heavy atom. The molecule has 0 atom stereocenters. The van der Waals surface area contributed by atoms with Crippen LogP contribution in [-0.4, -0.2) is 9.36 Å². The molecule has 1 aromatic carbocycles. The molecule has 0 spiro atoms. The summed E-state index contributed by atoms with van der Waals surface area (Å²) < 4.78 is 3.49. The number of para-hydroxylation sites is 1. The van der Waals surface area contributed by atoms with Crippen molar-refractivity contribution < 1.29 is 31.0 Å². The first-order chi connectivity index (χ1) is 6.70. The zero-order valence-corrected chi connectivity index (χ0v) is 11.3. The van der Waals surface area contributed by atoms with E-state index in [-0.39, 0.29) is 36.5 Å². The predicted molar refractivity (Wildman–Crippen MR) is 56.9 cm³/mol. The number of nitrogens with zero attached hydrogens (tertiary/aromatic N) is 2. The van der Waals surface area contributed by atoms with Crippen LogP contribution in [0.2, 0.25) is 0 Å². The van der Waals surface area contributed by atoms with Crippen molar-refractivity contribution in [2.75, 3.05) is 0 Å². The van der Waals surface area contributed by atoms with E-state index in [1.807, 2.05) is 49.0 Å². The third-order valence-electron chi connectivity index (χ3n) is 2.35. The Morgan fingerprint density at radius 1 is 1.20 bits per heavy atom. The van der Waals surface area contributed by atoms with Crippen LogP contribution in [0.25, 0.3) is 5.69 Å². The molecule has 15 heavy (non-hydrogen) atoms. The van der Waals surface area contributed by atoms with E-state index < -0.39 is 0 Å². The van der Waals surface area contributed by atoms with Crippen LogP contribution in [-0.2, 0) is 7.05 Å². The van der Waals surface area contributed by atoms with E-state index >= 15 is 0 Å². The van der Waals surface area contributed by atoms with Crippen LogP contribution < -0.4 is 35.1 Å². The van der Waals surface area contributed by atoms with Crippen LogP contribution in [0.1, 0.15) is 7.12 Å². The summed E-state index contributed by atoms with van der Waals surface area (Å²) in [6, 6.07) is 11.2. The zero-order chi connectivity index (χ0) is 10.1. The second-order valence-electron chi connectivity index (χ2n) is 3.29. The molecule has 0 amide bonds. The van der Waals surface area contributed by atoms with E-state index in [0.717, 1.165) is 11.4 Å². The first-order valence-corrected chi connectivity index (χ1v) is 4.51. The van der Waals surface area contributed by atoms with Gasteiger partial charge in [-0.3, -0.25) is 9.48 Å². The Morgan fingerprint density at radius 2 is 1.80 bits per heavy atom. The summed E-state index contributed by atoms with van der Waals surface area (Å²) in [4.78, 5) is 11.6. The van der Waals surface area contributed by atoms with E-state index in [0.29, 0.717) is 0 Å². The molecule has 0 aliphatic carbocycles. The molecule has 4 heteroatoms. The molecule has 1 aromatic heterocycles. The van der Waals surface area contributed by atoms with Gasteiger partial charge in [-0.1, -0.05) is 18.2 Å². The fourth-order valence-electron chi connectivity index (χ4n) is 1.51. The SMILES string of the molecule is Cc1cc(=O)n(-c2ccccc2)n1C.[H-].[Na+]. The Balaban J connectivity index is 0.00000112. The fourth-order valence-corrected chi connectivity index (χ4v) is 1.51. The Hall–Kier alpha value is -0.770. The minimum absolute atomic E-state index is 0. The summed E-state index contributed by atoms with van der Waals surface area (Å²) in [6.07, 6.45) is 0. The molecular weight excluding hydrogens is 199 g/mol. The molecular formula is C11H13N2NaO.